The van der Waals surface area contributed by atoms with E-state index < -0.39 is 30.3 Å². The molecule has 0 unspecified atom stereocenters. The van der Waals surface area contributed by atoms with Crippen molar-refractivity contribution in [1.29, 1.82) is 0 Å². The van der Waals surface area contributed by atoms with E-state index in [2.05, 4.69) is 5.73 Å². The van der Waals surface area contributed by atoms with Gasteiger partial charge >= 0.3 is 11.9 Å². The van der Waals surface area contributed by atoms with Crippen molar-refractivity contribution in [1.82, 2.24) is 0 Å². The van der Waals surface area contributed by atoms with E-state index >= 15 is 0 Å². The Morgan fingerprint density at radius 3 is 2.08 bits per heavy atom. The normalized spacial score (nSPS) is 13.9. The average Bonchev–Trinajstić information content (AvgIpc) is 1.82. The molecule has 7 heteroatoms. The summed E-state index contributed by atoms with van der Waals surface area (Å²) < 4.78 is 24.9. The number of nitrogens with two attached hydrogens (primary N) is 1. The van der Waals surface area contributed by atoms with Crippen molar-refractivity contribution >= 4 is 11.9 Å². The van der Waals surface area contributed by atoms with Gasteiger partial charge in [-0.1, -0.05) is 0 Å². The summed E-state index contributed by atoms with van der Waals surface area (Å²) in [6.45, 7) is 0. The molecule has 0 bridgehead atoms. The van der Waals surface area contributed by atoms with Gasteiger partial charge in [-0.05, 0) is 0 Å². The first kappa shape index (κ1) is 10.8. The number of alkyl halides is 2. The first-order valence-electron chi connectivity index (χ1n) is 2.85. The molecule has 0 amide bonds. The molecule has 0 spiro atoms. The summed E-state index contributed by atoms with van der Waals surface area (Å²) in [6.07, 6.45) is -1.58. The van der Waals surface area contributed by atoms with E-state index in [-0.39, 0.29) is 0 Å². The number of rotatable bonds is 4. The first-order valence-corrected chi connectivity index (χ1v) is 2.85. The Morgan fingerprint density at radius 2 is 1.83 bits per heavy atom. The molecule has 1 atom stereocenters. The minimum Gasteiger partial charge on any atom is -0.481 e. The summed E-state index contributed by atoms with van der Waals surface area (Å²) in [5.41, 5.74) is 4.53. The number of hydrogen-bond donors (Lipinski definition) is 3. The smallest absolute Gasteiger partial charge is 0.326 e. The Kier molecular flexibility index (Phi) is 3.08. The van der Waals surface area contributed by atoms with Gasteiger partial charge < -0.3 is 15.9 Å². The number of carboxylic acid groups (broad SMARTS) is 2. The predicted octanol–water partition coefficient (Wildman–Crippen LogP) is -0.492. The van der Waals surface area contributed by atoms with Crippen LogP contribution in [0.15, 0.2) is 0 Å². The summed E-state index contributed by atoms with van der Waals surface area (Å²) in [5, 5.41) is 16.0. The monoisotopic (exact) mass is 183 g/mol. The molecule has 0 aromatic carbocycles. The summed E-state index contributed by atoms with van der Waals surface area (Å²) in [5.74, 6) is -7.64. The van der Waals surface area contributed by atoms with Crippen molar-refractivity contribution < 1.29 is 28.6 Å². The molecule has 70 valence electrons. The van der Waals surface area contributed by atoms with Crippen LogP contribution in [0.2, 0.25) is 0 Å². The lowest BCUT2D eigenvalue weighted by molar-refractivity contribution is -0.155. The molecule has 5 nitrogen and oxygen atoms in total. The SMILES string of the molecule is N[C@@H](C(=O)O)C(F)(F)CC(=O)O. The minimum absolute atomic E-state index is 1.58. The second-order valence-corrected chi connectivity index (χ2v) is 2.15. The fourth-order valence-electron chi connectivity index (χ4n) is 0.492. The Hall–Kier alpha value is -1.24. The van der Waals surface area contributed by atoms with Crippen molar-refractivity contribution in [2.75, 3.05) is 0 Å². The molecule has 0 aromatic rings. The number of carboxylic acids is 2. The molecule has 0 aliphatic heterocycles. The molecule has 0 heterocycles. The number of carbonyl (C=O) groups is 2. The zero-order chi connectivity index (χ0) is 9.94. The fourth-order valence-corrected chi connectivity index (χ4v) is 0.492. The van der Waals surface area contributed by atoms with Crippen LogP contribution < -0.4 is 5.73 Å². The van der Waals surface area contributed by atoms with Crippen LogP contribution in [0.4, 0.5) is 8.78 Å². The maximum Gasteiger partial charge on any atom is 0.326 e. The number of halogens is 2. The highest BCUT2D eigenvalue weighted by Gasteiger charge is 2.43. The van der Waals surface area contributed by atoms with Crippen LogP contribution in [0.1, 0.15) is 6.42 Å². The van der Waals surface area contributed by atoms with Crippen LogP contribution in [0.25, 0.3) is 0 Å². The van der Waals surface area contributed by atoms with Crippen LogP contribution in [0.5, 0.6) is 0 Å². The maximum absolute atomic E-state index is 12.4. The van der Waals surface area contributed by atoms with Gasteiger partial charge in [0.25, 0.3) is 5.92 Å². The van der Waals surface area contributed by atoms with E-state index in [1.165, 1.54) is 0 Å². The number of hydrogen-bond acceptors (Lipinski definition) is 3. The highest BCUT2D eigenvalue weighted by molar-refractivity contribution is 5.76. The molecule has 0 saturated carbocycles. The molecule has 0 saturated heterocycles. The second kappa shape index (κ2) is 3.44. The van der Waals surface area contributed by atoms with E-state index in [1.54, 1.807) is 0 Å². The lowest BCUT2D eigenvalue weighted by Gasteiger charge is -2.17. The third-order valence-corrected chi connectivity index (χ3v) is 1.11. The maximum atomic E-state index is 12.4. The molecule has 0 fully saturated rings. The largest absolute Gasteiger partial charge is 0.481 e. The highest BCUT2D eigenvalue weighted by atomic mass is 19.3. The summed E-state index contributed by atoms with van der Waals surface area (Å²) in [4.78, 5) is 19.7. The molecular formula is C5H7F2NO4. The van der Waals surface area contributed by atoms with Crippen molar-refractivity contribution in [3.63, 3.8) is 0 Å². The van der Waals surface area contributed by atoms with Crippen LogP contribution >= 0.6 is 0 Å². The lowest BCUT2D eigenvalue weighted by Crippen LogP contribution is -2.48. The predicted molar refractivity (Wildman–Crippen MR) is 32.8 cm³/mol. The van der Waals surface area contributed by atoms with E-state index in [0.29, 0.717) is 0 Å². The van der Waals surface area contributed by atoms with Gasteiger partial charge in [0.1, 0.15) is 6.42 Å². The first-order chi connectivity index (χ1) is 5.27. The van der Waals surface area contributed by atoms with Crippen LogP contribution in [0, 0.1) is 0 Å². The summed E-state index contributed by atoms with van der Waals surface area (Å²) >= 11 is 0. The number of aliphatic carboxylic acids is 2. The van der Waals surface area contributed by atoms with Gasteiger partial charge in [0.15, 0.2) is 6.04 Å². The van der Waals surface area contributed by atoms with Crippen LogP contribution in [0.3, 0.4) is 0 Å². The zero-order valence-corrected chi connectivity index (χ0v) is 5.83. The van der Waals surface area contributed by atoms with Crippen molar-refractivity contribution in [3.05, 3.63) is 0 Å². The topological polar surface area (TPSA) is 101 Å². The third kappa shape index (κ3) is 2.79. The van der Waals surface area contributed by atoms with Crippen LogP contribution in [-0.2, 0) is 9.59 Å². The van der Waals surface area contributed by atoms with E-state index in [4.69, 9.17) is 10.2 Å². The molecule has 0 aromatic heterocycles. The van der Waals surface area contributed by atoms with Crippen molar-refractivity contribution in [2.45, 2.75) is 18.4 Å². The Balaban J connectivity index is 4.38. The van der Waals surface area contributed by atoms with Gasteiger partial charge in [-0.3, -0.25) is 9.59 Å². The lowest BCUT2D eigenvalue weighted by atomic mass is 10.1. The Labute approximate surface area is 65.8 Å². The van der Waals surface area contributed by atoms with E-state index in [1.807, 2.05) is 0 Å². The summed E-state index contributed by atoms with van der Waals surface area (Å²) in [7, 11) is 0. The molecule has 4 N–H and O–H groups in total. The van der Waals surface area contributed by atoms with Gasteiger partial charge in [0, 0.05) is 0 Å². The van der Waals surface area contributed by atoms with Crippen molar-refractivity contribution in [2.24, 2.45) is 5.73 Å². The van der Waals surface area contributed by atoms with E-state index in [9.17, 15) is 18.4 Å². The molecule has 12 heavy (non-hydrogen) atoms. The summed E-state index contributed by atoms with van der Waals surface area (Å²) in [6, 6.07) is -2.48. The van der Waals surface area contributed by atoms with Gasteiger partial charge in [-0.2, -0.15) is 0 Å². The van der Waals surface area contributed by atoms with Gasteiger partial charge in [-0.25, -0.2) is 8.78 Å². The van der Waals surface area contributed by atoms with E-state index in [0.717, 1.165) is 0 Å². The molecule has 0 rings (SSSR count). The third-order valence-electron chi connectivity index (χ3n) is 1.11. The second-order valence-electron chi connectivity index (χ2n) is 2.15. The standard InChI is InChI=1S/C5H7F2NO4/c6-5(7,1-2(9)10)3(8)4(11)12/h3H,1,8H2,(H,9,10)(H,11,12)/t3-/m0/s1. The highest BCUT2D eigenvalue weighted by Crippen LogP contribution is 2.21. The quantitative estimate of drug-likeness (QED) is 0.545. The van der Waals surface area contributed by atoms with Gasteiger partial charge in [0.05, 0.1) is 0 Å². The minimum atomic E-state index is -3.92. The molecule has 0 radical (unpaired) electrons. The van der Waals surface area contributed by atoms with Crippen LogP contribution in [-0.4, -0.2) is 34.1 Å². The molecule has 0 aliphatic carbocycles. The Morgan fingerprint density at radius 1 is 1.42 bits per heavy atom. The Bertz CT molecular complexity index is 206. The zero-order valence-electron chi connectivity index (χ0n) is 5.83. The fraction of sp³-hybridized carbons (Fsp3) is 0.600. The van der Waals surface area contributed by atoms with Gasteiger partial charge in [0.2, 0.25) is 0 Å². The van der Waals surface area contributed by atoms with Gasteiger partial charge in [-0.15, -0.1) is 0 Å². The van der Waals surface area contributed by atoms with Crippen molar-refractivity contribution in [3.8, 4) is 0 Å². The molecular weight excluding hydrogens is 176 g/mol. The average molecular weight is 183 g/mol. The molecule has 0 aliphatic rings.